The Balaban J connectivity index is 1.07. The van der Waals surface area contributed by atoms with Gasteiger partial charge in [-0.2, -0.15) is 0 Å². The maximum absolute atomic E-state index is 11.4. The highest BCUT2D eigenvalue weighted by atomic mass is 16.6. The van der Waals surface area contributed by atoms with Gasteiger partial charge in [0.25, 0.3) is 0 Å². The van der Waals surface area contributed by atoms with Crippen molar-refractivity contribution in [2.75, 3.05) is 0 Å². The molecule has 0 aliphatic heterocycles. The SMILES string of the molecule is C[C@]12CC[C@@H]3c4cc(OC(O)c5cc6c(cc5O)CCC5C6CC[C@@]6(C)C5CC[C@@H]6O)c(O)cc4CC[C@H]3[C@@H]1CC[C@@H]2O. The average Bonchev–Trinajstić information content (AvgIpc) is 3.47. The van der Waals surface area contributed by atoms with E-state index < -0.39 is 6.29 Å². The van der Waals surface area contributed by atoms with Crippen LogP contribution in [-0.2, 0) is 12.8 Å². The van der Waals surface area contributed by atoms with Gasteiger partial charge in [0.1, 0.15) is 5.75 Å². The van der Waals surface area contributed by atoms with E-state index in [2.05, 4.69) is 13.8 Å². The van der Waals surface area contributed by atoms with E-state index in [1.807, 2.05) is 24.3 Å². The molecule has 43 heavy (non-hydrogen) atoms. The number of hydrogen-bond acceptors (Lipinski definition) is 6. The van der Waals surface area contributed by atoms with Crippen LogP contribution in [0.25, 0.3) is 0 Å². The number of benzene rings is 2. The van der Waals surface area contributed by atoms with Gasteiger partial charge in [-0.05, 0) is 170 Å². The first-order valence-electron chi connectivity index (χ1n) is 17.0. The first kappa shape index (κ1) is 28.2. The number of phenolic OH excluding ortho intramolecular Hbond substituents is 2. The van der Waals surface area contributed by atoms with Crippen molar-refractivity contribution in [1.82, 2.24) is 0 Å². The molecule has 0 bridgehead atoms. The molecule has 4 unspecified atom stereocenters. The van der Waals surface area contributed by atoms with E-state index in [9.17, 15) is 25.5 Å². The molecule has 11 atom stereocenters. The van der Waals surface area contributed by atoms with Gasteiger partial charge in [-0.15, -0.1) is 0 Å². The van der Waals surface area contributed by atoms with Gasteiger partial charge in [-0.1, -0.05) is 13.8 Å². The first-order chi connectivity index (χ1) is 20.6. The summed E-state index contributed by atoms with van der Waals surface area (Å²) < 4.78 is 6.08. The molecule has 5 N–H and O–H groups in total. The van der Waals surface area contributed by atoms with Crippen LogP contribution >= 0.6 is 0 Å². The minimum atomic E-state index is -1.41. The summed E-state index contributed by atoms with van der Waals surface area (Å²) in [6.07, 6.45) is 10.1. The standard InChI is InChI=1S/C37H48O6/c1-36-13-11-21-23(28(36)7-9-33(36)40)5-3-19-15-30(38)27(17-25(19)21)35(42)43-32-18-26-20(16-31(32)39)4-6-24-22(26)12-14-37(2)29(24)8-10-34(37)41/h15-18,21-24,28-29,33-35,38-42H,3-14H2,1-2H3/t21?,22-,23?,24+,28?,29-,33-,34-,35?,36-,37-/m0/s1. The maximum atomic E-state index is 11.4. The Hall–Kier alpha value is -2.28. The zero-order chi connectivity index (χ0) is 29.8. The summed E-state index contributed by atoms with van der Waals surface area (Å²) in [5, 5.41) is 54.9. The fourth-order valence-corrected chi connectivity index (χ4v) is 11.6. The number of fused-ring (bicyclic) bond motifs is 10. The summed E-state index contributed by atoms with van der Waals surface area (Å²) >= 11 is 0. The number of ether oxygens (including phenoxy) is 1. The number of aromatic hydroxyl groups is 2. The molecule has 2 aromatic carbocycles. The van der Waals surface area contributed by atoms with Gasteiger partial charge >= 0.3 is 0 Å². The van der Waals surface area contributed by atoms with Crippen LogP contribution in [0.1, 0.15) is 124 Å². The fraction of sp³-hybridized carbons (Fsp3) is 0.676. The van der Waals surface area contributed by atoms with E-state index in [4.69, 9.17) is 4.74 Å². The lowest BCUT2D eigenvalue weighted by atomic mass is 9.55. The van der Waals surface area contributed by atoms with E-state index in [0.29, 0.717) is 41.1 Å². The van der Waals surface area contributed by atoms with Gasteiger partial charge in [0.05, 0.1) is 17.8 Å². The fourth-order valence-electron chi connectivity index (χ4n) is 11.6. The number of phenols is 2. The van der Waals surface area contributed by atoms with E-state index in [0.717, 1.165) is 88.2 Å². The summed E-state index contributed by atoms with van der Waals surface area (Å²) in [5.74, 6) is 3.09. The summed E-state index contributed by atoms with van der Waals surface area (Å²) in [7, 11) is 0. The molecule has 232 valence electrons. The lowest BCUT2D eigenvalue weighted by Crippen LogP contribution is -2.44. The largest absolute Gasteiger partial charge is 0.507 e. The van der Waals surface area contributed by atoms with Gasteiger partial charge in [0.15, 0.2) is 11.5 Å². The number of rotatable bonds is 3. The highest BCUT2D eigenvalue weighted by molar-refractivity contribution is 5.51. The second-order valence-electron chi connectivity index (χ2n) is 15.7. The summed E-state index contributed by atoms with van der Waals surface area (Å²) in [6.45, 7) is 4.55. The summed E-state index contributed by atoms with van der Waals surface area (Å²) in [5.41, 5.74) is 5.08. The highest BCUT2D eigenvalue weighted by Crippen LogP contribution is 2.63. The van der Waals surface area contributed by atoms with Crippen LogP contribution in [0.4, 0.5) is 0 Å². The molecule has 4 fully saturated rings. The van der Waals surface area contributed by atoms with Crippen molar-refractivity contribution in [3.8, 4) is 17.2 Å². The van der Waals surface area contributed by atoms with Gasteiger partial charge in [0.2, 0.25) is 6.29 Å². The van der Waals surface area contributed by atoms with Crippen molar-refractivity contribution in [2.24, 2.45) is 34.5 Å². The molecule has 4 saturated carbocycles. The molecule has 6 nitrogen and oxygen atoms in total. The van der Waals surface area contributed by atoms with Crippen LogP contribution in [-0.4, -0.2) is 37.7 Å². The van der Waals surface area contributed by atoms with Gasteiger partial charge in [0, 0.05) is 0 Å². The average molecular weight is 589 g/mol. The van der Waals surface area contributed by atoms with Gasteiger partial charge in [-0.3, -0.25) is 0 Å². The van der Waals surface area contributed by atoms with Crippen molar-refractivity contribution in [3.05, 3.63) is 52.1 Å². The Morgan fingerprint density at radius 2 is 1.19 bits per heavy atom. The predicted octanol–water partition coefficient (Wildman–Crippen LogP) is 6.60. The van der Waals surface area contributed by atoms with Crippen LogP contribution in [0.3, 0.4) is 0 Å². The number of aliphatic hydroxyl groups is 3. The molecule has 0 aromatic heterocycles. The Bertz CT molecular complexity index is 1440. The van der Waals surface area contributed by atoms with Crippen molar-refractivity contribution >= 4 is 0 Å². The van der Waals surface area contributed by atoms with Crippen LogP contribution in [0, 0.1) is 34.5 Å². The second kappa shape index (κ2) is 9.86. The molecular weight excluding hydrogens is 540 g/mol. The molecule has 0 saturated heterocycles. The summed E-state index contributed by atoms with van der Waals surface area (Å²) in [6, 6.07) is 7.53. The smallest absolute Gasteiger partial charge is 0.228 e. The molecule has 0 radical (unpaired) electrons. The number of hydrogen-bond donors (Lipinski definition) is 5. The molecule has 8 rings (SSSR count). The van der Waals surface area contributed by atoms with E-state index in [-0.39, 0.29) is 40.3 Å². The minimum Gasteiger partial charge on any atom is -0.507 e. The van der Waals surface area contributed by atoms with E-state index in [1.165, 1.54) is 11.1 Å². The lowest BCUT2D eigenvalue weighted by Gasteiger charge is -2.50. The summed E-state index contributed by atoms with van der Waals surface area (Å²) in [4.78, 5) is 0. The Morgan fingerprint density at radius 1 is 0.674 bits per heavy atom. The number of aryl methyl sites for hydroxylation is 2. The van der Waals surface area contributed by atoms with Crippen LogP contribution in [0.2, 0.25) is 0 Å². The monoisotopic (exact) mass is 588 g/mol. The highest BCUT2D eigenvalue weighted by Gasteiger charge is 2.56. The molecule has 0 spiro atoms. The molecule has 0 amide bonds. The first-order valence-corrected chi connectivity index (χ1v) is 17.0. The predicted molar refractivity (Wildman–Crippen MR) is 163 cm³/mol. The third-order valence-electron chi connectivity index (χ3n) is 14.1. The molecule has 6 aliphatic rings. The zero-order valence-electron chi connectivity index (χ0n) is 25.6. The minimum absolute atomic E-state index is 0.00144. The molecule has 2 aromatic rings. The van der Waals surface area contributed by atoms with Crippen molar-refractivity contribution in [3.63, 3.8) is 0 Å². The molecule has 6 aliphatic carbocycles. The third-order valence-corrected chi connectivity index (χ3v) is 14.1. The Morgan fingerprint density at radius 3 is 1.74 bits per heavy atom. The topological polar surface area (TPSA) is 110 Å². The normalized spacial score (nSPS) is 41.7. The molecule has 0 heterocycles. The van der Waals surface area contributed by atoms with Crippen molar-refractivity contribution in [2.45, 2.75) is 121 Å². The van der Waals surface area contributed by atoms with Crippen LogP contribution < -0.4 is 4.74 Å². The number of aliphatic hydroxyl groups excluding tert-OH is 3. The molecule has 6 heteroatoms. The van der Waals surface area contributed by atoms with E-state index in [1.54, 1.807) is 0 Å². The lowest BCUT2D eigenvalue weighted by molar-refractivity contribution is -0.0265. The van der Waals surface area contributed by atoms with Crippen LogP contribution in [0.5, 0.6) is 17.2 Å². The van der Waals surface area contributed by atoms with Gasteiger partial charge in [-0.25, -0.2) is 0 Å². The molecular formula is C37H48O6. The van der Waals surface area contributed by atoms with Gasteiger partial charge < -0.3 is 30.3 Å². The second-order valence-corrected chi connectivity index (χ2v) is 15.7. The van der Waals surface area contributed by atoms with Crippen molar-refractivity contribution in [1.29, 1.82) is 0 Å². The zero-order valence-corrected chi connectivity index (χ0v) is 25.6. The maximum Gasteiger partial charge on any atom is 0.228 e. The van der Waals surface area contributed by atoms with E-state index >= 15 is 0 Å². The third kappa shape index (κ3) is 4.08. The Labute approximate surface area is 255 Å². The quantitative estimate of drug-likeness (QED) is 0.259. The van der Waals surface area contributed by atoms with Crippen LogP contribution in [0.15, 0.2) is 24.3 Å². The van der Waals surface area contributed by atoms with Crippen molar-refractivity contribution < 1.29 is 30.3 Å². The Kier molecular flexibility index (Phi) is 6.47.